The monoisotopic (exact) mass is 145 g/mol. The second kappa shape index (κ2) is 2.64. The second-order valence-electron chi connectivity index (χ2n) is 1.64. The molecule has 0 saturated carbocycles. The minimum Gasteiger partial charge on any atom is -0.187 e. The zero-order valence-electron chi connectivity index (χ0n) is 5.30. The van der Waals surface area contributed by atoms with Crippen molar-refractivity contribution in [2.24, 2.45) is 0 Å². The summed E-state index contributed by atoms with van der Waals surface area (Å²) in [7, 11) is 0. The van der Waals surface area contributed by atoms with Crippen LogP contribution in [0, 0.1) is 12.2 Å². The number of halogens is 2. The van der Waals surface area contributed by atoms with Gasteiger partial charge in [-0.15, -0.1) is 0 Å². The van der Waals surface area contributed by atoms with Gasteiger partial charge < -0.3 is 0 Å². The molecule has 0 bridgehead atoms. The molecule has 1 aromatic rings. The molecule has 0 atom stereocenters. The summed E-state index contributed by atoms with van der Waals surface area (Å²) < 4.78 is 24.2. The van der Waals surface area contributed by atoms with Gasteiger partial charge in [0, 0.05) is 6.42 Å². The first-order chi connectivity index (χ1) is 4.72. The Labute approximate surface area is 56.2 Å². The Morgan fingerprint density at radius 3 is 2.00 bits per heavy atom. The molecule has 0 N–H and O–H groups in total. The van der Waals surface area contributed by atoms with Gasteiger partial charge in [-0.3, -0.25) is 0 Å². The normalized spacial score (nSPS) is 9.90. The fourth-order valence-corrected chi connectivity index (χ4v) is 0.522. The number of aromatic nitrogens is 3. The van der Waals surface area contributed by atoms with Gasteiger partial charge in [0.1, 0.15) is 5.82 Å². The van der Waals surface area contributed by atoms with Crippen LogP contribution in [0.4, 0.5) is 8.78 Å². The predicted molar refractivity (Wildman–Crippen MR) is 29.1 cm³/mol. The lowest BCUT2D eigenvalue weighted by atomic mass is 10.5. The summed E-state index contributed by atoms with van der Waals surface area (Å²) in [5.41, 5.74) is 0. The molecule has 0 unspecified atom stereocenters. The van der Waals surface area contributed by atoms with Crippen LogP contribution in [0.2, 0.25) is 0 Å². The largest absolute Gasteiger partial charge is 0.314 e. The third kappa shape index (κ3) is 1.43. The summed E-state index contributed by atoms with van der Waals surface area (Å²) >= 11 is 0. The molecule has 0 amide bonds. The number of aryl methyl sites for hydroxylation is 1. The van der Waals surface area contributed by atoms with E-state index in [1.54, 1.807) is 6.92 Å². The predicted octanol–water partition coefficient (Wildman–Crippen LogP) is 0.712. The summed E-state index contributed by atoms with van der Waals surface area (Å²) in [6.07, 6.45) is -1.73. The summed E-state index contributed by atoms with van der Waals surface area (Å²) in [6.45, 7) is 1.70. The maximum Gasteiger partial charge on any atom is 0.314 e. The van der Waals surface area contributed by atoms with Crippen LogP contribution in [-0.4, -0.2) is 15.0 Å². The van der Waals surface area contributed by atoms with E-state index in [4.69, 9.17) is 0 Å². The van der Waals surface area contributed by atoms with Crippen molar-refractivity contribution >= 4 is 0 Å². The third-order valence-corrected chi connectivity index (χ3v) is 0.943. The van der Waals surface area contributed by atoms with Crippen molar-refractivity contribution in [3.63, 3.8) is 0 Å². The van der Waals surface area contributed by atoms with Crippen molar-refractivity contribution in [3.8, 4) is 0 Å². The third-order valence-electron chi connectivity index (χ3n) is 0.943. The van der Waals surface area contributed by atoms with Crippen molar-refractivity contribution in [3.05, 3.63) is 18.0 Å². The number of rotatable bonds is 1. The maximum absolute atomic E-state index is 12.1. The minimum absolute atomic E-state index is 0.130. The first-order valence-electron chi connectivity index (χ1n) is 2.78. The van der Waals surface area contributed by atoms with E-state index in [1.807, 2.05) is 0 Å². The highest BCUT2D eigenvalue weighted by Gasteiger charge is 2.01. The van der Waals surface area contributed by atoms with E-state index in [-0.39, 0.29) is 5.82 Å². The first-order valence-corrected chi connectivity index (χ1v) is 2.78. The molecule has 5 heteroatoms. The molecule has 0 aliphatic carbocycles. The van der Waals surface area contributed by atoms with Gasteiger partial charge in [-0.05, 0) is 0 Å². The molecule has 1 heterocycles. The topological polar surface area (TPSA) is 38.7 Å². The Kier molecular flexibility index (Phi) is 1.84. The quantitative estimate of drug-likeness (QED) is 0.584. The molecule has 3 nitrogen and oxygen atoms in total. The van der Waals surface area contributed by atoms with E-state index in [1.165, 1.54) is 0 Å². The first kappa shape index (κ1) is 6.98. The Balaban J connectivity index is 3.06. The summed E-state index contributed by atoms with van der Waals surface area (Å²) in [6, 6.07) is 0. The van der Waals surface area contributed by atoms with Crippen molar-refractivity contribution in [2.45, 2.75) is 13.3 Å². The average molecular weight is 145 g/mol. The minimum atomic E-state index is -1.07. The maximum atomic E-state index is 12.1. The molecular weight excluding hydrogens is 140 g/mol. The Hall–Kier alpha value is -1.13. The van der Waals surface area contributed by atoms with Gasteiger partial charge in [0.15, 0.2) is 0 Å². The highest BCUT2D eigenvalue weighted by atomic mass is 19.1. The lowest BCUT2D eigenvalue weighted by molar-refractivity contribution is 0.445. The van der Waals surface area contributed by atoms with Gasteiger partial charge in [0.25, 0.3) is 0 Å². The van der Waals surface area contributed by atoms with Crippen LogP contribution in [0.1, 0.15) is 12.7 Å². The molecular formula is C5H5F2N3. The lowest BCUT2D eigenvalue weighted by Crippen LogP contribution is -2.02. The zero-order valence-corrected chi connectivity index (χ0v) is 5.30. The van der Waals surface area contributed by atoms with E-state index < -0.39 is 12.2 Å². The van der Waals surface area contributed by atoms with Gasteiger partial charge >= 0.3 is 12.2 Å². The van der Waals surface area contributed by atoms with Crippen molar-refractivity contribution in [1.29, 1.82) is 0 Å². The molecule has 1 rings (SSSR count). The van der Waals surface area contributed by atoms with E-state index in [0.717, 1.165) is 0 Å². The Bertz CT molecular complexity index is 218. The molecule has 0 spiro atoms. The van der Waals surface area contributed by atoms with Gasteiger partial charge in [0.2, 0.25) is 0 Å². The van der Waals surface area contributed by atoms with Crippen LogP contribution in [0.15, 0.2) is 0 Å². The van der Waals surface area contributed by atoms with Crippen LogP contribution in [0.3, 0.4) is 0 Å². The summed E-state index contributed by atoms with van der Waals surface area (Å²) in [5.74, 6) is 0.130. The Morgan fingerprint density at radius 1 is 1.10 bits per heavy atom. The molecule has 0 radical (unpaired) electrons. The Morgan fingerprint density at radius 2 is 1.60 bits per heavy atom. The molecule has 54 valence electrons. The molecule has 0 fully saturated rings. The zero-order chi connectivity index (χ0) is 7.56. The molecule has 0 saturated heterocycles. The van der Waals surface area contributed by atoms with Crippen LogP contribution in [0.25, 0.3) is 0 Å². The molecule has 1 aromatic heterocycles. The number of nitrogens with zero attached hydrogens (tertiary/aromatic N) is 3. The van der Waals surface area contributed by atoms with Gasteiger partial charge in [-0.25, -0.2) is 0 Å². The van der Waals surface area contributed by atoms with E-state index >= 15 is 0 Å². The van der Waals surface area contributed by atoms with Gasteiger partial charge in [-0.2, -0.15) is 23.7 Å². The van der Waals surface area contributed by atoms with Crippen molar-refractivity contribution < 1.29 is 8.78 Å². The summed E-state index contributed by atoms with van der Waals surface area (Å²) in [4.78, 5) is 9.17. The van der Waals surface area contributed by atoms with Crippen LogP contribution >= 0.6 is 0 Å². The SMILES string of the molecule is CCc1nc(F)nc(F)n1. The molecule has 0 aromatic carbocycles. The van der Waals surface area contributed by atoms with Crippen molar-refractivity contribution in [2.75, 3.05) is 0 Å². The van der Waals surface area contributed by atoms with Crippen LogP contribution in [-0.2, 0) is 6.42 Å². The number of hydrogen-bond acceptors (Lipinski definition) is 3. The highest BCUT2D eigenvalue weighted by Crippen LogP contribution is 1.93. The van der Waals surface area contributed by atoms with Crippen molar-refractivity contribution in [1.82, 2.24) is 15.0 Å². The van der Waals surface area contributed by atoms with E-state index in [0.29, 0.717) is 6.42 Å². The van der Waals surface area contributed by atoms with Gasteiger partial charge in [-0.1, -0.05) is 6.92 Å². The van der Waals surface area contributed by atoms with Gasteiger partial charge in [0.05, 0.1) is 0 Å². The van der Waals surface area contributed by atoms with Crippen LogP contribution in [0.5, 0.6) is 0 Å². The average Bonchev–Trinajstić information content (AvgIpc) is 1.85. The highest BCUT2D eigenvalue weighted by molar-refractivity contribution is 4.81. The fraction of sp³-hybridized carbons (Fsp3) is 0.400. The molecule has 0 aliphatic heterocycles. The smallest absolute Gasteiger partial charge is 0.187 e. The molecule has 10 heavy (non-hydrogen) atoms. The number of hydrogen-bond donors (Lipinski definition) is 0. The van der Waals surface area contributed by atoms with E-state index in [9.17, 15) is 8.78 Å². The van der Waals surface area contributed by atoms with E-state index in [2.05, 4.69) is 15.0 Å². The summed E-state index contributed by atoms with van der Waals surface area (Å²) in [5, 5.41) is 0. The molecule has 0 aliphatic rings. The standard InChI is InChI=1S/C5H5F2N3/c1-2-3-8-4(6)10-5(7)9-3/h2H2,1H3. The second-order valence-corrected chi connectivity index (χ2v) is 1.64. The van der Waals surface area contributed by atoms with Crippen LogP contribution < -0.4 is 0 Å². The fourth-order valence-electron chi connectivity index (χ4n) is 0.522. The lowest BCUT2D eigenvalue weighted by Gasteiger charge is -1.92.